The minimum atomic E-state index is 0.502. The van der Waals surface area contributed by atoms with Crippen LogP contribution in [0.2, 0.25) is 0 Å². The van der Waals surface area contributed by atoms with Gasteiger partial charge in [0.2, 0.25) is 0 Å². The monoisotopic (exact) mass is 348 g/mol. The van der Waals surface area contributed by atoms with Crippen molar-refractivity contribution in [3.05, 3.63) is 40.6 Å². The van der Waals surface area contributed by atoms with Gasteiger partial charge in [0, 0.05) is 12.2 Å². The highest BCUT2D eigenvalue weighted by molar-refractivity contribution is 9.10. The number of nitrogens with zero attached hydrogens (tertiary/aromatic N) is 2. The predicted molar refractivity (Wildman–Crippen MR) is 92.3 cm³/mol. The van der Waals surface area contributed by atoms with Crippen LogP contribution >= 0.6 is 15.9 Å². The standard InChI is InChI=1S/C16H21BrN4/c1-4-8-18-15-14(17)16(20-10-19-15)21-13-7-5-6-12(9-13)11(2)3/h5-7,9-11H,4,8H2,1-3H3,(H2,18,19,20,21). The molecule has 0 saturated carbocycles. The van der Waals surface area contributed by atoms with Crippen LogP contribution in [0.25, 0.3) is 0 Å². The molecule has 0 aliphatic carbocycles. The summed E-state index contributed by atoms with van der Waals surface area (Å²) in [5.41, 5.74) is 2.33. The van der Waals surface area contributed by atoms with Gasteiger partial charge >= 0.3 is 0 Å². The number of rotatable bonds is 6. The molecule has 0 amide bonds. The number of hydrogen-bond donors (Lipinski definition) is 2. The van der Waals surface area contributed by atoms with E-state index in [4.69, 9.17) is 0 Å². The number of hydrogen-bond acceptors (Lipinski definition) is 4. The first-order valence-corrected chi connectivity index (χ1v) is 8.02. The van der Waals surface area contributed by atoms with E-state index in [0.29, 0.717) is 5.92 Å². The predicted octanol–water partition coefficient (Wildman–Crippen LogP) is 4.93. The number of anilines is 3. The van der Waals surface area contributed by atoms with E-state index in [0.717, 1.165) is 34.8 Å². The molecule has 0 saturated heterocycles. The molecule has 5 heteroatoms. The Kier molecular flexibility index (Phi) is 5.56. The first kappa shape index (κ1) is 15.8. The largest absolute Gasteiger partial charge is 0.369 e. The van der Waals surface area contributed by atoms with E-state index in [1.807, 2.05) is 6.07 Å². The van der Waals surface area contributed by atoms with Crippen molar-refractivity contribution in [2.75, 3.05) is 17.2 Å². The van der Waals surface area contributed by atoms with Crippen LogP contribution < -0.4 is 10.6 Å². The van der Waals surface area contributed by atoms with Gasteiger partial charge in [-0.05, 0) is 46.0 Å². The minimum absolute atomic E-state index is 0.502. The lowest BCUT2D eigenvalue weighted by atomic mass is 10.0. The average Bonchev–Trinajstić information content (AvgIpc) is 2.48. The van der Waals surface area contributed by atoms with Crippen molar-refractivity contribution >= 4 is 33.3 Å². The number of aromatic nitrogens is 2. The fraction of sp³-hybridized carbons (Fsp3) is 0.375. The summed E-state index contributed by atoms with van der Waals surface area (Å²) in [5.74, 6) is 2.08. The highest BCUT2D eigenvalue weighted by Crippen LogP contribution is 2.29. The summed E-state index contributed by atoms with van der Waals surface area (Å²) in [4.78, 5) is 8.56. The highest BCUT2D eigenvalue weighted by atomic mass is 79.9. The van der Waals surface area contributed by atoms with Crippen LogP contribution in [0.1, 0.15) is 38.7 Å². The second kappa shape index (κ2) is 7.41. The van der Waals surface area contributed by atoms with Crippen molar-refractivity contribution in [3.63, 3.8) is 0 Å². The average molecular weight is 349 g/mol. The van der Waals surface area contributed by atoms with E-state index in [2.05, 4.69) is 75.5 Å². The van der Waals surface area contributed by atoms with Gasteiger partial charge in [0.15, 0.2) is 0 Å². The van der Waals surface area contributed by atoms with Crippen LogP contribution in [0.4, 0.5) is 17.3 Å². The normalized spacial score (nSPS) is 10.7. The first-order valence-electron chi connectivity index (χ1n) is 7.23. The summed E-state index contributed by atoms with van der Waals surface area (Å²) in [7, 11) is 0. The molecule has 0 fully saturated rings. The summed E-state index contributed by atoms with van der Waals surface area (Å²) < 4.78 is 0.855. The van der Waals surface area contributed by atoms with Crippen molar-refractivity contribution in [2.45, 2.75) is 33.1 Å². The molecular weight excluding hydrogens is 328 g/mol. The molecule has 1 aromatic heterocycles. The van der Waals surface area contributed by atoms with Crippen LogP contribution in [0.5, 0.6) is 0 Å². The molecule has 1 aromatic carbocycles. The SMILES string of the molecule is CCCNc1ncnc(Nc2cccc(C(C)C)c2)c1Br. The second-order valence-corrected chi connectivity index (χ2v) is 6.01. The topological polar surface area (TPSA) is 49.8 Å². The fourth-order valence-electron chi connectivity index (χ4n) is 1.94. The summed E-state index contributed by atoms with van der Waals surface area (Å²) in [6.07, 6.45) is 2.62. The van der Waals surface area contributed by atoms with Gasteiger partial charge < -0.3 is 10.6 Å². The van der Waals surface area contributed by atoms with Crippen LogP contribution in [0, 0.1) is 0 Å². The lowest BCUT2D eigenvalue weighted by Gasteiger charge is -2.13. The van der Waals surface area contributed by atoms with E-state index >= 15 is 0 Å². The van der Waals surface area contributed by atoms with Crippen molar-refractivity contribution in [3.8, 4) is 0 Å². The van der Waals surface area contributed by atoms with Gasteiger partial charge in [-0.25, -0.2) is 9.97 Å². The Balaban J connectivity index is 2.21. The Morgan fingerprint density at radius 3 is 2.67 bits per heavy atom. The fourth-order valence-corrected chi connectivity index (χ4v) is 2.38. The minimum Gasteiger partial charge on any atom is -0.369 e. The molecule has 0 unspecified atom stereocenters. The second-order valence-electron chi connectivity index (χ2n) is 5.22. The van der Waals surface area contributed by atoms with Gasteiger partial charge in [-0.15, -0.1) is 0 Å². The van der Waals surface area contributed by atoms with Crippen molar-refractivity contribution in [1.82, 2.24) is 9.97 Å². The molecule has 0 bridgehead atoms. The quantitative estimate of drug-likeness (QED) is 0.777. The Labute approximate surface area is 134 Å². The van der Waals surface area contributed by atoms with Crippen LogP contribution in [-0.2, 0) is 0 Å². The van der Waals surface area contributed by atoms with Crippen LogP contribution in [-0.4, -0.2) is 16.5 Å². The van der Waals surface area contributed by atoms with Crippen molar-refractivity contribution in [1.29, 1.82) is 0 Å². The number of benzene rings is 1. The Morgan fingerprint density at radius 2 is 1.95 bits per heavy atom. The van der Waals surface area contributed by atoms with Crippen molar-refractivity contribution in [2.24, 2.45) is 0 Å². The summed E-state index contributed by atoms with van der Waals surface area (Å²) in [6.45, 7) is 7.38. The number of halogens is 1. The molecule has 0 atom stereocenters. The molecule has 0 spiro atoms. The Bertz CT molecular complexity index is 599. The summed E-state index contributed by atoms with van der Waals surface area (Å²) >= 11 is 3.57. The lowest BCUT2D eigenvalue weighted by Crippen LogP contribution is -2.05. The van der Waals surface area contributed by atoms with Crippen LogP contribution in [0.3, 0.4) is 0 Å². The van der Waals surface area contributed by atoms with Gasteiger partial charge in [-0.3, -0.25) is 0 Å². The maximum Gasteiger partial charge on any atom is 0.150 e. The first-order chi connectivity index (χ1) is 10.1. The third-order valence-corrected chi connectivity index (χ3v) is 3.90. The van der Waals surface area contributed by atoms with E-state index in [1.54, 1.807) is 6.33 Å². The third kappa shape index (κ3) is 4.17. The van der Waals surface area contributed by atoms with Gasteiger partial charge in [-0.2, -0.15) is 0 Å². The Hall–Kier alpha value is -1.62. The molecule has 0 radical (unpaired) electrons. The molecule has 0 aliphatic rings. The Morgan fingerprint density at radius 1 is 1.19 bits per heavy atom. The molecular formula is C16H21BrN4. The maximum atomic E-state index is 4.31. The van der Waals surface area contributed by atoms with E-state index in [9.17, 15) is 0 Å². The molecule has 4 nitrogen and oxygen atoms in total. The van der Waals surface area contributed by atoms with Gasteiger partial charge in [0.05, 0.1) is 0 Å². The molecule has 2 N–H and O–H groups in total. The zero-order valence-electron chi connectivity index (χ0n) is 12.7. The van der Waals surface area contributed by atoms with Crippen LogP contribution in [0.15, 0.2) is 35.1 Å². The third-order valence-electron chi connectivity index (χ3n) is 3.15. The zero-order valence-corrected chi connectivity index (χ0v) is 14.2. The van der Waals surface area contributed by atoms with Gasteiger partial charge in [0.25, 0.3) is 0 Å². The van der Waals surface area contributed by atoms with Gasteiger partial charge in [0.1, 0.15) is 22.4 Å². The summed E-state index contributed by atoms with van der Waals surface area (Å²) in [5, 5.41) is 6.63. The maximum absolute atomic E-state index is 4.31. The van der Waals surface area contributed by atoms with E-state index < -0.39 is 0 Å². The van der Waals surface area contributed by atoms with Gasteiger partial charge in [-0.1, -0.05) is 32.9 Å². The molecule has 0 aliphatic heterocycles. The molecule has 1 heterocycles. The lowest BCUT2D eigenvalue weighted by molar-refractivity contribution is 0.867. The van der Waals surface area contributed by atoms with E-state index in [1.165, 1.54) is 5.56 Å². The molecule has 21 heavy (non-hydrogen) atoms. The smallest absolute Gasteiger partial charge is 0.150 e. The molecule has 112 valence electrons. The number of nitrogens with one attached hydrogen (secondary N) is 2. The molecule has 2 aromatic rings. The highest BCUT2D eigenvalue weighted by Gasteiger charge is 2.09. The zero-order chi connectivity index (χ0) is 15.2. The van der Waals surface area contributed by atoms with E-state index in [-0.39, 0.29) is 0 Å². The molecule has 2 rings (SSSR count). The summed E-state index contributed by atoms with van der Waals surface area (Å²) in [6, 6.07) is 8.39. The van der Waals surface area contributed by atoms with Crippen molar-refractivity contribution < 1.29 is 0 Å².